The second-order valence-corrected chi connectivity index (χ2v) is 5.29. The molecule has 112 valence electrons. The molecule has 0 heterocycles. The van der Waals surface area contributed by atoms with Crippen molar-refractivity contribution in [3.05, 3.63) is 34.9 Å². The quantitative estimate of drug-likeness (QED) is 0.839. The van der Waals surface area contributed by atoms with E-state index in [4.69, 9.17) is 16.3 Å². The number of urea groups is 1. The van der Waals surface area contributed by atoms with E-state index in [2.05, 4.69) is 12.2 Å². The molecular formula is C15H23ClN2O2. The highest BCUT2D eigenvalue weighted by atomic mass is 35.5. The van der Waals surface area contributed by atoms with E-state index in [1.54, 1.807) is 11.9 Å². The van der Waals surface area contributed by atoms with E-state index < -0.39 is 0 Å². The monoisotopic (exact) mass is 298 g/mol. The number of rotatable bonds is 7. The first-order valence-electron chi connectivity index (χ1n) is 6.88. The van der Waals surface area contributed by atoms with Crippen LogP contribution in [-0.4, -0.2) is 37.2 Å². The van der Waals surface area contributed by atoms with E-state index >= 15 is 0 Å². The summed E-state index contributed by atoms with van der Waals surface area (Å²) < 4.78 is 5.50. The molecule has 0 aliphatic carbocycles. The molecule has 0 fully saturated rings. The maximum Gasteiger partial charge on any atom is 0.317 e. The number of carbonyl (C=O) groups excluding carboxylic acids is 1. The van der Waals surface area contributed by atoms with E-state index in [1.165, 1.54) is 0 Å². The van der Waals surface area contributed by atoms with Crippen molar-refractivity contribution in [3.8, 4) is 0 Å². The topological polar surface area (TPSA) is 41.6 Å². The van der Waals surface area contributed by atoms with E-state index in [9.17, 15) is 4.79 Å². The first kappa shape index (κ1) is 16.8. The lowest BCUT2D eigenvalue weighted by Crippen LogP contribution is -2.40. The van der Waals surface area contributed by atoms with Gasteiger partial charge in [-0.2, -0.15) is 0 Å². The van der Waals surface area contributed by atoms with E-state index in [-0.39, 0.29) is 12.1 Å². The van der Waals surface area contributed by atoms with Gasteiger partial charge < -0.3 is 15.0 Å². The molecule has 0 bridgehead atoms. The molecule has 1 rings (SSSR count). The van der Waals surface area contributed by atoms with Crippen LogP contribution in [0.4, 0.5) is 4.79 Å². The molecule has 0 saturated heterocycles. The Hall–Kier alpha value is -1.26. The number of carbonyl (C=O) groups is 1. The van der Waals surface area contributed by atoms with Crippen molar-refractivity contribution in [2.45, 2.75) is 32.9 Å². The molecule has 1 aromatic rings. The highest BCUT2D eigenvalue weighted by Gasteiger charge is 2.10. The summed E-state index contributed by atoms with van der Waals surface area (Å²) in [5.41, 5.74) is 1.01. The lowest BCUT2D eigenvalue weighted by molar-refractivity contribution is 0.0668. The molecule has 0 unspecified atom stereocenters. The van der Waals surface area contributed by atoms with Crippen LogP contribution in [0.15, 0.2) is 24.3 Å². The molecule has 0 aliphatic rings. The van der Waals surface area contributed by atoms with Crippen molar-refractivity contribution in [2.24, 2.45) is 0 Å². The molecule has 1 N–H and O–H groups in total. The van der Waals surface area contributed by atoms with Crippen LogP contribution in [0.2, 0.25) is 5.02 Å². The van der Waals surface area contributed by atoms with E-state index in [0.29, 0.717) is 18.1 Å². The summed E-state index contributed by atoms with van der Waals surface area (Å²) in [6.45, 7) is 5.77. The average Bonchev–Trinajstić information content (AvgIpc) is 2.42. The summed E-state index contributed by atoms with van der Waals surface area (Å²) in [5.74, 6) is 0. The molecule has 0 saturated carbocycles. The molecule has 0 aliphatic heterocycles. The SMILES string of the molecule is CCCO[C@@H](C)CNC(=O)N(C)Cc1cccc(Cl)c1. The van der Waals surface area contributed by atoms with Crippen molar-refractivity contribution in [1.82, 2.24) is 10.2 Å². The molecular weight excluding hydrogens is 276 g/mol. The number of ether oxygens (including phenoxy) is 1. The largest absolute Gasteiger partial charge is 0.377 e. The van der Waals surface area contributed by atoms with Gasteiger partial charge in [0.1, 0.15) is 0 Å². The third-order valence-corrected chi connectivity index (χ3v) is 3.04. The minimum atomic E-state index is -0.114. The van der Waals surface area contributed by atoms with Crippen molar-refractivity contribution in [2.75, 3.05) is 20.2 Å². The summed E-state index contributed by atoms with van der Waals surface area (Å²) in [5, 5.41) is 3.53. The second kappa shape index (κ2) is 8.82. The van der Waals surface area contributed by atoms with Gasteiger partial charge in [0.05, 0.1) is 6.10 Å². The Labute approximate surface area is 126 Å². The van der Waals surface area contributed by atoms with Gasteiger partial charge in [0, 0.05) is 31.8 Å². The van der Waals surface area contributed by atoms with Crippen LogP contribution in [0.25, 0.3) is 0 Å². The van der Waals surface area contributed by atoms with Crippen LogP contribution in [0.1, 0.15) is 25.8 Å². The van der Waals surface area contributed by atoms with Crippen molar-refractivity contribution >= 4 is 17.6 Å². The predicted molar refractivity (Wildman–Crippen MR) is 82.0 cm³/mol. The van der Waals surface area contributed by atoms with Crippen LogP contribution >= 0.6 is 11.6 Å². The Morgan fingerprint density at radius 3 is 2.90 bits per heavy atom. The molecule has 0 spiro atoms. The molecule has 1 atom stereocenters. The van der Waals surface area contributed by atoms with Gasteiger partial charge in [-0.15, -0.1) is 0 Å². The number of hydrogen-bond acceptors (Lipinski definition) is 2. The highest BCUT2D eigenvalue weighted by molar-refractivity contribution is 6.30. The smallest absolute Gasteiger partial charge is 0.317 e. The Bertz CT molecular complexity index is 426. The summed E-state index contributed by atoms with van der Waals surface area (Å²) in [4.78, 5) is 13.6. The zero-order valence-electron chi connectivity index (χ0n) is 12.4. The van der Waals surface area contributed by atoms with Crippen LogP contribution in [0, 0.1) is 0 Å². The van der Waals surface area contributed by atoms with Crippen LogP contribution < -0.4 is 5.32 Å². The second-order valence-electron chi connectivity index (χ2n) is 4.85. The number of hydrogen-bond donors (Lipinski definition) is 1. The van der Waals surface area contributed by atoms with Gasteiger partial charge in [0.2, 0.25) is 0 Å². The number of amides is 2. The van der Waals surface area contributed by atoms with Crippen LogP contribution in [-0.2, 0) is 11.3 Å². The van der Waals surface area contributed by atoms with E-state index in [0.717, 1.165) is 18.6 Å². The number of nitrogens with one attached hydrogen (secondary N) is 1. The Morgan fingerprint density at radius 1 is 1.50 bits per heavy atom. The van der Waals surface area contributed by atoms with Crippen molar-refractivity contribution in [1.29, 1.82) is 0 Å². The first-order chi connectivity index (χ1) is 9.52. The zero-order chi connectivity index (χ0) is 15.0. The number of halogens is 1. The molecule has 5 heteroatoms. The summed E-state index contributed by atoms with van der Waals surface area (Å²) in [6.07, 6.45) is 1.01. The molecule has 2 amide bonds. The summed E-state index contributed by atoms with van der Waals surface area (Å²) in [7, 11) is 1.76. The van der Waals surface area contributed by atoms with Gasteiger partial charge in [-0.1, -0.05) is 30.7 Å². The first-order valence-corrected chi connectivity index (χ1v) is 7.25. The van der Waals surface area contributed by atoms with Crippen LogP contribution in [0.3, 0.4) is 0 Å². The summed E-state index contributed by atoms with van der Waals surface area (Å²) >= 11 is 5.92. The average molecular weight is 299 g/mol. The number of nitrogens with zero attached hydrogens (tertiary/aromatic N) is 1. The molecule has 0 aromatic heterocycles. The lowest BCUT2D eigenvalue weighted by Gasteiger charge is -2.20. The molecule has 0 radical (unpaired) electrons. The fourth-order valence-electron chi connectivity index (χ4n) is 1.72. The van der Waals surface area contributed by atoms with Crippen LogP contribution in [0.5, 0.6) is 0 Å². The Morgan fingerprint density at radius 2 is 2.25 bits per heavy atom. The fourth-order valence-corrected chi connectivity index (χ4v) is 1.94. The maximum absolute atomic E-state index is 11.9. The van der Waals surface area contributed by atoms with Gasteiger partial charge in [-0.25, -0.2) is 4.79 Å². The lowest BCUT2D eigenvalue weighted by atomic mass is 10.2. The van der Waals surface area contributed by atoms with Crippen molar-refractivity contribution in [3.63, 3.8) is 0 Å². The standard InChI is InChI=1S/C15H23ClN2O2/c1-4-8-20-12(2)10-17-15(19)18(3)11-13-6-5-7-14(16)9-13/h5-7,9,12H,4,8,10-11H2,1-3H3,(H,17,19)/t12-/m0/s1. The minimum absolute atomic E-state index is 0.0264. The number of benzene rings is 1. The van der Waals surface area contributed by atoms with E-state index in [1.807, 2.05) is 31.2 Å². The van der Waals surface area contributed by atoms with Gasteiger partial charge in [0.15, 0.2) is 0 Å². The zero-order valence-corrected chi connectivity index (χ0v) is 13.1. The van der Waals surface area contributed by atoms with Gasteiger partial charge >= 0.3 is 6.03 Å². The normalized spacial score (nSPS) is 12.0. The van der Waals surface area contributed by atoms with Gasteiger partial charge in [0.25, 0.3) is 0 Å². The fraction of sp³-hybridized carbons (Fsp3) is 0.533. The highest BCUT2D eigenvalue weighted by Crippen LogP contribution is 2.12. The maximum atomic E-state index is 11.9. The Balaban J connectivity index is 2.35. The molecule has 20 heavy (non-hydrogen) atoms. The van der Waals surface area contributed by atoms with Gasteiger partial charge in [-0.05, 0) is 31.0 Å². The molecule has 4 nitrogen and oxygen atoms in total. The summed E-state index contributed by atoms with van der Waals surface area (Å²) in [6, 6.07) is 7.39. The van der Waals surface area contributed by atoms with Crippen molar-refractivity contribution < 1.29 is 9.53 Å². The minimum Gasteiger partial charge on any atom is -0.377 e. The predicted octanol–water partition coefficient (Wildman–Crippen LogP) is 3.30. The third-order valence-electron chi connectivity index (χ3n) is 2.80. The molecule has 1 aromatic carbocycles. The third kappa shape index (κ3) is 6.26. The Kier molecular flexibility index (Phi) is 7.41. The van der Waals surface area contributed by atoms with Gasteiger partial charge in [-0.3, -0.25) is 0 Å².